The van der Waals surface area contributed by atoms with Crippen LogP contribution in [0, 0.1) is 0 Å². The smallest absolute Gasteiger partial charge is 0.182 e. The molecular weight excluding hydrogens is 464 g/mol. The maximum atomic E-state index is 4.89. The molecule has 5 aromatic carbocycles. The number of nitrogens with zero attached hydrogens (tertiary/aromatic N) is 4. The van der Waals surface area contributed by atoms with Gasteiger partial charge in [0.1, 0.15) is 5.69 Å². The highest BCUT2D eigenvalue weighted by molar-refractivity contribution is 5.90. The number of aromatic nitrogens is 4. The van der Waals surface area contributed by atoms with Gasteiger partial charge in [-0.1, -0.05) is 109 Å². The first-order valence-electron chi connectivity index (χ1n) is 12.6. The summed E-state index contributed by atoms with van der Waals surface area (Å²) in [6.07, 6.45) is 0. The molecule has 4 nitrogen and oxygen atoms in total. The lowest BCUT2D eigenvalue weighted by Crippen LogP contribution is -2.01. The van der Waals surface area contributed by atoms with E-state index < -0.39 is 0 Å². The van der Waals surface area contributed by atoms with Gasteiger partial charge in [-0.3, -0.25) is 0 Å². The molecule has 0 bridgehead atoms. The van der Waals surface area contributed by atoms with Crippen molar-refractivity contribution in [2.24, 2.45) is 0 Å². The van der Waals surface area contributed by atoms with E-state index in [-0.39, 0.29) is 0 Å². The van der Waals surface area contributed by atoms with E-state index in [1.54, 1.807) is 0 Å². The normalized spacial score (nSPS) is 11.2. The van der Waals surface area contributed by atoms with Crippen molar-refractivity contribution in [2.45, 2.75) is 0 Å². The van der Waals surface area contributed by atoms with E-state index in [2.05, 4.69) is 72.8 Å². The largest absolute Gasteiger partial charge is 0.244 e. The summed E-state index contributed by atoms with van der Waals surface area (Å²) in [6, 6.07) is 45.5. The van der Waals surface area contributed by atoms with Gasteiger partial charge in [-0.15, -0.1) is 0 Å². The van der Waals surface area contributed by atoms with E-state index in [0.29, 0.717) is 17.5 Å². The van der Waals surface area contributed by atoms with Crippen LogP contribution >= 0.6 is 0 Å². The number of rotatable bonds is 4. The van der Waals surface area contributed by atoms with Crippen LogP contribution in [0.1, 0.15) is 0 Å². The third-order valence-corrected chi connectivity index (χ3v) is 6.70. The monoisotopic (exact) mass is 486 g/mol. The van der Waals surface area contributed by atoms with Crippen LogP contribution in [-0.2, 0) is 0 Å². The summed E-state index contributed by atoms with van der Waals surface area (Å²) in [5.74, 6) is 1.80. The van der Waals surface area contributed by atoms with Crippen molar-refractivity contribution < 1.29 is 0 Å². The Hall–Kier alpha value is -5.22. The van der Waals surface area contributed by atoms with Crippen molar-refractivity contribution in [2.75, 3.05) is 0 Å². The van der Waals surface area contributed by atoms with Gasteiger partial charge in [0.25, 0.3) is 0 Å². The van der Waals surface area contributed by atoms with Gasteiger partial charge < -0.3 is 0 Å². The molecule has 7 aromatic rings. The minimum atomic E-state index is 0.555. The minimum absolute atomic E-state index is 0.555. The van der Waals surface area contributed by atoms with Crippen molar-refractivity contribution in [3.05, 3.63) is 133 Å². The molecule has 0 amide bonds. The maximum Gasteiger partial charge on any atom is 0.182 e. The number of hydrogen-bond donors (Lipinski definition) is 0. The molecule has 2 heterocycles. The highest BCUT2D eigenvalue weighted by atomic mass is 15.0. The first-order chi connectivity index (χ1) is 18.8. The Bertz CT molecular complexity index is 1920. The fourth-order valence-electron chi connectivity index (χ4n) is 4.72. The van der Waals surface area contributed by atoms with Gasteiger partial charge in [0.05, 0.1) is 5.52 Å². The average molecular weight is 487 g/mol. The zero-order chi connectivity index (χ0) is 25.3. The van der Waals surface area contributed by atoms with Crippen LogP contribution in [0.3, 0.4) is 0 Å². The van der Waals surface area contributed by atoms with Gasteiger partial charge >= 0.3 is 0 Å². The fourth-order valence-corrected chi connectivity index (χ4v) is 4.72. The van der Waals surface area contributed by atoms with Crippen LogP contribution in [0.5, 0.6) is 0 Å². The molecule has 0 atom stereocenters. The summed E-state index contributed by atoms with van der Waals surface area (Å²) in [5, 5.41) is 3.39. The highest BCUT2D eigenvalue weighted by Crippen LogP contribution is 2.29. The first kappa shape index (κ1) is 22.0. The molecule has 178 valence electrons. The Morgan fingerprint density at radius 2 is 0.868 bits per heavy atom. The van der Waals surface area contributed by atoms with Crippen molar-refractivity contribution in [1.82, 2.24) is 19.9 Å². The summed E-state index contributed by atoms with van der Waals surface area (Å²) in [4.78, 5) is 19.5. The van der Waals surface area contributed by atoms with Crippen LogP contribution < -0.4 is 0 Å². The number of para-hydroxylation sites is 1. The zero-order valence-electron chi connectivity index (χ0n) is 20.5. The Labute approximate surface area is 220 Å². The number of benzene rings is 5. The van der Waals surface area contributed by atoms with Gasteiger partial charge in [0, 0.05) is 16.5 Å². The Morgan fingerprint density at radius 3 is 1.63 bits per heavy atom. The predicted octanol–water partition coefficient (Wildman–Crippen LogP) is 8.24. The van der Waals surface area contributed by atoms with Crippen LogP contribution in [0.25, 0.3) is 67.1 Å². The van der Waals surface area contributed by atoms with Crippen molar-refractivity contribution in [3.8, 4) is 45.4 Å². The molecule has 0 saturated carbocycles. The second kappa shape index (κ2) is 9.34. The highest BCUT2D eigenvalue weighted by Gasteiger charge is 2.14. The van der Waals surface area contributed by atoms with Crippen molar-refractivity contribution in [1.29, 1.82) is 0 Å². The molecule has 0 saturated heterocycles. The topological polar surface area (TPSA) is 51.6 Å². The Morgan fingerprint density at radius 1 is 0.316 bits per heavy atom. The Kier molecular flexibility index (Phi) is 5.41. The SMILES string of the molecule is c1ccc(-c2ccc3cc(-c4nc(-c5ccccc5)nc(-c5ccc6ccccc6n5)n4)ccc3c2)cc1. The zero-order valence-corrected chi connectivity index (χ0v) is 20.5. The van der Waals surface area contributed by atoms with Crippen molar-refractivity contribution in [3.63, 3.8) is 0 Å². The van der Waals surface area contributed by atoms with Crippen LogP contribution in [0.2, 0.25) is 0 Å². The second-order valence-corrected chi connectivity index (χ2v) is 9.20. The van der Waals surface area contributed by atoms with Gasteiger partial charge in [-0.25, -0.2) is 19.9 Å². The van der Waals surface area contributed by atoms with Crippen molar-refractivity contribution >= 4 is 21.7 Å². The van der Waals surface area contributed by atoms with Gasteiger partial charge in [-0.05, 0) is 46.2 Å². The van der Waals surface area contributed by atoms with E-state index in [4.69, 9.17) is 19.9 Å². The summed E-state index contributed by atoms with van der Waals surface area (Å²) in [5.41, 5.74) is 5.90. The molecule has 2 aromatic heterocycles. The molecule has 0 unspecified atom stereocenters. The molecule has 0 N–H and O–H groups in total. The predicted molar refractivity (Wildman–Crippen MR) is 154 cm³/mol. The van der Waals surface area contributed by atoms with Gasteiger partial charge in [0.15, 0.2) is 17.5 Å². The summed E-state index contributed by atoms with van der Waals surface area (Å²) < 4.78 is 0. The van der Waals surface area contributed by atoms with E-state index >= 15 is 0 Å². The lowest BCUT2D eigenvalue weighted by molar-refractivity contribution is 1.06. The molecule has 0 aliphatic rings. The lowest BCUT2D eigenvalue weighted by Gasteiger charge is -2.10. The minimum Gasteiger partial charge on any atom is -0.244 e. The lowest BCUT2D eigenvalue weighted by atomic mass is 10.00. The van der Waals surface area contributed by atoms with Gasteiger partial charge in [0.2, 0.25) is 0 Å². The first-order valence-corrected chi connectivity index (χ1v) is 12.6. The second-order valence-electron chi connectivity index (χ2n) is 9.20. The Balaban J connectivity index is 1.36. The standard InChI is InChI=1S/C34H22N4/c1-3-9-23(10-4-1)26-15-16-28-22-29(18-17-27(28)21-26)33-36-32(25-12-5-2-6-13-25)37-34(38-33)31-20-19-24-11-7-8-14-30(24)35-31/h1-22H. The summed E-state index contributed by atoms with van der Waals surface area (Å²) in [7, 11) is 0. The quantitative estimate of drug-likeness (QED) is 0.251. The third kappa shape index (κ3) is 4.18. The number of pyridine rings is 1. The molecule has 0 fully saturated rings. The van der Waals surface area contributed by atoms with Crippen LogP contribution in [0.15, 0.2) is 133 Å². The van der Waals surface area contributed by atoms with E-state index in [9.17, 15) is 0 Å². The average Bonchev–Trinajstić information content (AvgIpc) is 3.01. The molecule has 0 aliphatic heterocycles. The van der Waals surface area contributed by atoms with E-state index in [1.807, 2.05) is 60.7 Å². The summed E-state index contributed by atoms with van der Waals surface area (Å²) >= 11 is 0. The molecule has 7 rings (SSSR count). The van der Waals surface area contributed by atoms with Crippen LogP contribution in [-0.4, -0.2) is 19.9 Å². The third-order valence-electron chi connectivity index (χ3n) is 6.70. The van der Waals surface area contributed by atoms with Gasteiger partial charge in [-0.2, -0.15) is 0 Å². The molecule has 38 heavy (non-hydrogen) atoms. The summed E-state index contributed by atoms with van der Waals surface area (Å²) in [6.45, 7) is 0. The maximum absolute atomic E-state index is 4.89. The van der Waals surface area contributed by atoms with Crippen LogP contribution in [0.4, 0.5) is 0 Å². The molecular formula is C34H22N4. The molecule has 0 aliphatic carbocycles. The van der Waals surface area contributed by atoms with E-state index in [1.165, 1.54) is 16.5 Å². The number of hydrogen-bond acceptors (Lipinski definition) is 4. The van der Waals surface area contributed by atoms with E-state index in [0.717, 1.165) is 33.1 Å². The molecule has 0 spiro atoms. The molecule has 0 radical (unpaired) electrons. The fraction of sp³-hybridized carbons (Fsp3) is 0. The number of fused-ring (bicyclic) bond motifs is 2. The molecule has 4 heteroatoms.